The van der Waals surface area contributed by atoms with Crippen molar-refractivity contribution >= 4 is 22.3 Å². The van der Waals surface area contributed by atoms with Crippen LogP contribution in [0.2, 0.25) is 0 Å². The summed E-state index contributed by atoms with van der Waals surface area (Å²) in [6, 6.07) is 2.84. The second kappa shape index (κ2) is 3.54. The first-order valence-corrected chi connectivity index (χ1v) is 4.64. The molecule has 2 aromatic rings. The van der Waals surface area contributed by atoms with Crippen LogP contribution in [0.3, 0.4) is 0 Å². The van der Waals surface area contributed by atoms with Crippen molar-refractivity contribution in [2.24, 2.45) is 0 Å². The highest BCUT2D eigenvalue weighted by molar-refractivity contribution is 7.14. The third-order valence-corrected chi connectivity index (χ3v) is 2.38. The van der Waals surface area contributed by atoms with Crippen molar-refractivity contribution in [2.45, 2.75) is 6.30 Å². The molecule has 2 rings (SSSR count). The van der Waals surface area contributed by atoms with E-state index in [4.69, 9.17) is 0 Å². The number of anilines is 2. The summed E-state index contributed by atoms with van der Waals surface area (Å²) in [5, 5.41) is 4.69. The Hall–Kier alpha value is -1.57. The summed E-state index contributed by atoms with van der Waals surface area (Å²) in [6.07, 6.45) is -3.73. The van der Waals surface area contributed by atoms with E-state index >= 15 is 0 Å². The molecule has 0 aromatic carbocycles. The molecule has 15 heavy (non-hydrogen) atoms. The molecule has 8 heteroatoms. The van der Waals surface area contributed by atoms with Crippen LogP contribution >= 0.6 is 11.3 Å². The van der Waals surface area contributed by atoms with E-state index in [-0.39, 0.29) is 9.90 Å². The summed E-state index contributed by atoms with van der Waals surface area (Å²) >= 11 is 0.940. The van der Waals surface area contributed by atoms with Gasteiger partial charge in [-0.15, -0.1) is 24.5 Å². The van der Waals surface area contributed by atoms with Gasteiger partial charge in [-0.3, -0.25) is 0 Å². The Morgan fingerprint density at radius 1 is 1.40 bits per heavy atom. The first-order chi connectivity index (χ1) is 7.09. The fraction of sp³-hybridized carbons (Fsp3) is 0.143. The van der Waals surface area contributed by atoms with Gasteiger partial charge in [-0.05, 0) is 22.7 Å². The fourth-order valence-corrected chi connectivity index (χ4v) is 1.74. The van der Waals surface area contributed by atoms with Crippen molar-refractivity contribution in [1.29, 1.82) is 0 Å². The molecule has 4 nitrogen and oxygen atoms in total. The fourth-order valence-electron chi connectivity index (χ4n) is 0.998. The maximum absolute atomic E-state index is 12.7. The number of halogens is 3. The minimum absolute atomic E-state index is 0.0103. The predicted octanol–water partition coefficient (Wildman–Crippen LogP) is 2.79. The third-order valence-electron chi connectivity index (χ3n) is 1.53. The van der Waals surface area contributed by atoms with Crippen LogP contribution in [0, 0.1) is 0 Å². The van der Waals surface area contributed by atoms with E-state index in [0.717, 1.165) is 17.7 Å². The molecule has 0 N–H and O–H groups in total. The van der Waals surface area contributed by atoms with Crippen LogP contribution in [0.5, 0.6) is 0 Å². The van der Waals surface area contributed by atoms with Gasteiger partial charge in [-0.1, -0.05) is 0 Å². The molecule has 0 spiro atoms. The molecule has 0 aliphatic rings. The van der Waals surface area contributed by atoms with Crippen molar-refractivity contribution < 1.29 is 17.7 Å². The summed E-state index contributed by atoms with van der Waals surface area (Å²) in [7, 11) is 0. The highest BCUT2D eigenvalue weighted by atomic mass is 32.1. The molecule has 2 aromatic heterocycles. The quantitative estimate of drug-likeness (QED) is 0.750. The summed E-state index contributed by atoms with van der Waals surface area (Å²) in [5.41, 5.74) is 0. The third kappa shape index (κ3) is 1.94. The lowest BCUT2D eigenvalue weighted by Crippen LogP contribution is -2.33. The molecule has 0 unspecified atom stereocenters. The molecule has 0 aliphatic carbocycles. The van der Waals surface area contributed by atoms with Gasteiger partial charge in [0.25, 0.3) is 5.95 Å². The predicted molar refractivity (Wildman–Crippen MR) is 46.8 cm³/mol. The van der Waals surface area contributed by atoms with Gasteiger partial charge >= 0.3 is 6.30 Å². The number of aromatic nitrogens is 2. The Kier molecular flexibility index (Phi) is 2.35. The van der Waals surface area contributed by atoms with Crippen molar-refractivity contribution in [3.63, 3.8) is 0 Å². The zero-order valence-corrected chi connectivity index (χ0v) is 7.92. The standard InChI is InChI=1S/C7H4F3N3OS/c8-7(9,10)13(5-2-1-3-15-5)6-11-4-14-12-6/h1-4H. The Morgan fingerprint density at radius 2 is 2.20 bits per heavy atom. The Bertz CT molecular complexity index is 377. The van der Waals surface area contributed by atoms with Crippen LogP contribution < -0.4 is 4.90 Å². The lowest BCUT2D eigenvalue weighted by molar-refractivity contribution is -0.121. The molecule has 0 amide bonds. The van der Waals surface area contributed by atoms with E-state index in [2.05, 4.69) is 14.7 Å². The monoisotopic (exact) mass is 235 g/mol. The van der Waals surface area contributed by atoms with Crippen molar-refractivity contribution in [1.82, 2.24) is 10.1 Å². The molecule has 0 radical (unpaired) electrons. The lowest BCUT2D eigenvalue weighted by atomic mass is 10.5. The number of thiophene rings is 1. The van der Waals surface area contributed by atoms with Gasteiger partial charge in [0.05, 0.1) is 0 Å². The average Bonchev–Trinajstić information content (AvgIpc) is 2.73. The molecule has 0 fully saturated rings. The molecule has 0 saturated carbocycles. The molecule has 0 atom stereocenters. The van der Waals surface area contributed by atoms with E-state index in [1.807, 2.05) is 0 Å². The van der Waals surface area contributed by atoms with Gasteiger partial charge in [0, 0.05) is 0 Å². The molecular formula is C7H4F3N3OS. The normalized spacial score (nSPS) is 11.7. The Balaban J connectivity index is 2.42. The van der Waals surface area contributed by atoms with Crippen molar-refractivity contribution in [3.8, 4) is 0 Å². The van der Waals surface area contributed by atoms with Crippen LogP contribution in [0.15, 0.2) is 28.4 Å². The molecule has 0 aliphatic heterocycles. The molecule has 2 heterocycles. The molecule has 80 valence electrons. The summed E-state index contributed by atoms with van der Waals surface area (Å²) in [5.74, 6) is -0.523. The largest absolute Gasteiger partial charge is 0.492 e. The van der Waals surface area contributed by atoms with E-state index in [1.165, 1.54) is 17.5 Å². The molecular weight excluding hydrogens is 231 g/mol. The van der Waals surface area contributed by atoms with Gasteiger partial charge in [0.15, 0.2) is 0 Å². The minimum atomic E-state index is -4.57. The van der Waals surface area contributed by atoms with E-state index in [9.17, 15) is 13.2 Å². The van der Waals surface area contributed by atoms with Gasteiger partial charge in [-0.25, -0.2) is 4.90 Å². The van der Waals surface area contributed by atoms with Crippen LogP contribution in [0.25, 0.3) is 0 Å². The van der Waals surface area contributed by atoms with Gasteiger partial charge in [0.1, 0.15) is 5.00 Å². The minimum Gasteiger partial charge on any atom is -0.341 e. The van der Waals surface area contributed by atoms with Crippen LogP contribution in [-0.4, -0.2) is 16.4 Å². The van der Waals surface area contributed by atoms with Crippen LogP contribution in [-0.2, 0) is 0 Å². The molecule has 0 saturated heterocycles. The highest BCUT2D eigenvalue weighted by Gasteiger charge is 2.41. The van der Waals surface area contributed by atoms with Gasteiger partial charge < -0.3 is 4.52 Å². The molecule has 0 bridgehead atoms. The highest BCUT2D eigenvalue weighted by Crippen LogP contribution is 2.36. The lowest BCUT2D eigenvalue weighted by Gasteiger charge is -2.20. The summed E-state index contributed by atoms with van der Waals surface area (Å²) < 4.78 is 42.3. The maximum atomic E-state index is 12.7. The van der Waals surface area contributed by atoms with E-state index in [1.54, 1.807) is 0 Å². The second-order valence-electron chi connectivity index (χ2n) is 2.49. The van der Waals surface area contributed by atoms with Gasteiger partial charge in [0.2, 0.25) is 6.39 Å². The zero-order valence-electron chi connectivity index (χ0n) is 7.10. The number of rotatable bonds is 2. The number of alkyl halides is 3. The number of hydrogen-bond donors (Lipinski definition) is 0. The number of nitrogens with zero attached hydrogens (tertiary/aromatic N) is 3. The van der Waals surface area contributed by atoms with Gasteiger partial charge in [-0.2, -0.15) is 4.98 Å². The first-order valence-electron chi connectivity index (χ1n) is 3.76. The van der Waals surface area contributed by atoms with E-state index in [0.29, 0.717) is 0 Å². The Labute approximate surface area is 85.9 Å². The van der Waals surface area contributed by atoms with Crippen LogP contribution in [0.4, 0.5) is 24.1 Å². The number of hydrogen-bond acceptors (Lipinski definition) is 5. The average molecular weight is 235 g/mol. The first kappa shape index (κ1) is 9.97. The second-order valence-corrected chi connectivity index (χ2v) is 3.41. The van der Waals surface area contributed by atoms with Crippen molar-refractivity contribution in [2.75, 3.05) is 4.90 Å². The SMILES string of the molecule is FC(F)(F)N(c1ncon1)c1cccs1. The Morgan fingerprint density at radius 3 is 2.67 bits per heavy atom. The van der Waals surface area contributed by atoms with Crippen molar-refractivity contribution in [3.05, 3.63) is 23.9 Å². The van der Waals surface area contributed by atoms with Crippen LogP contribution in [0.1, 0.15) is 0 Å². The topological polar surface area (TPSA) is 42.2 Å². The maximum Gasteiger partial charge on any atom is 0.492 e. The van der Waals surface area contributed by atoms with E-state index < -0.39 is 12.2 Å². The summed E-state index contributed by atoms with van der Waals surface area (Å²) in [6.45, 7) is 0. The smallest absolute Gasteiger partial charge is 0.341 e. The summed E-state index contributed by atoms with van der Waals surface area (Å²) in [4.78, 5) is 3.43. The zero-order chi connectivity index (χ0) is 10.9.